The third kappa shape index (κ3) is 13.0. The van der Waals surface area contributed by atoms with Crippen LogP contribution in [0.2, 0.25) is 0 Å². The lowest BCUT2D eigenvalue weighted by Crippen LogP contribution is -2.62. The number of carbonyl (C=O) groups excluding carboxylic acids is 3. The molecule has 2 aliphatic heterocycles. The van der Waals surface area contributed by atoms with Crippen molar-refractivity contribution in [3.63, 3.8) is 0 Å². The van der Waals surface area contributed by atoms with Gasteiger partial charge in [0.25, 0.3) is 0 Å². The molecule has 412 valence electrons. The van der Waals surface area contributed by atoms with Gasteiger partial charge in [0.15, 0.2) is 46.6 Å². The Balaban J connectivity index is 0.000000274. The number of rotatable bonds is 16. The second kappa shape index (κ2) is 24.6. The van der Waals surface area contributed by atoms with E-state index < -0.39 is 138 Å². The Morgan fingerprint density at radius 3 is 1.55 bits per heavy atom. The molecule has 3 fully saturated rings. The molecule has 1 aliphatic carbocycles. The third-order valence-corrected chi connectivity index (χ3v) is 13.8. The summed E-state index contributed by atoms with van der Waals surface area (Å²) in [6, 6.07) is 3.64. The molecule has 2 heterocycles. The van der Waals surface area contributed by atoms with Gasteiger partial charge in [0.05, 0.1) is 53.9 Å². The minimum Gasteiger partial charge on any atom is -0.507 e. The lowest BCUT2D eigenvalue weighted by atomic mass is 9.61. The van der Waals surface area contributed by atoms with E-state index in [4.69, 9.17) is 28.4 Å². The summed E-state index contributed by atoms with van der Waals surface area (Å²) in [5.74, 6) is -8.53. The van der Waals surface area contributed by atoms with Crippen LogP contribution in [0.15, 0.2) is 24.3 Å². The van der Waals surface area contributed by atoms with Crippen LogP contribution in [0.4, 0.5) is 0 Å². The van der Waals surface area contributed by atoms with Crippen LogP contribution in [0.1, 0.15) is 122 Å². The maximum absolute atomic E-state index is 12.8. The molecule has 3 aromatic rings. The second-order valence-electron chi connectivity index (χ2n) is 19.7. The maximum Gasteiger partial charge on any atom is 0.338 e. The predicted molar refractivity (Wildman–Crippen MR) is 256 cm³/mol. The number of unbranched alkanes of at least 4 members (excludes halogenated alkanes) is 1. The van der Waals surface area contributed by atoms with E-state index in [0.29, 0.717) is 12.8 Å². The van der Waals surface area contributed by atoms with Crippen molar-refractivity contribution in [1.82, 2.24) is 0 Å². The molecular weight excluding hydrogens is 981 g/mol. The van der Waals surface area contributed by atoms with Crippen molar-refractivity contribution in [3.05, 3.63) is 52.1 Å². The van der Waals surface area contributed by atoms with Gasteiger partial charge in [-0.1, -0.05) is 47.5 Å². The zero-order chi connectivity index (χ0) is 55.3. The van der Waals surface area contributed by atoms with Crippen molar-refractivity contribution >= 4 is 17.7 Å². The number of aromatic hydroxyl groups is 8. The van der Waals surface area contributed by atoms with Gasteiger partial charge in [0.1, 0.15) is 48.2 Å². The number of ether oxygens (including phenoxy) is 6. The van der Waals surface area contributed by atoms with E-state index in [9.17, 15) is 85.9 Å². The molecule has 0 aromatic heterocycles. The predicted octanol–water partition coefficient (Wildman–Crippen LogP) is 3.27. The van der Waals surface area contributed by atoms with Crippen molar-refractivity contribution in [1.29, 1.82) is 0 Å². The summed E-state index contributed by atoms with van der Waals surface area (Å²) in [6.45, 7) is 11.4. The molecule has 23 nitrogen and oxygen atoms in total. The Labute approximate surface area is 426 Å². The summed E-state index contributed by atoms with van der Waals surface area (Å²) in [4.78, 5) is 37.5. The zero-order valence-electron chi connectivity index (χ0n) is 42.1. The number of Topliss-reactive ketones (excluding diaryl/α,β-unsaturated/α-hetero) is 1. The van der Waals surface area contributed by atoms with Gasteiger partial charge in [-0.05, 0) is 51.0 Å². The molecule has 0 amide bonds. The minimum atomic E-state index is -1.59. The van der Waals surface area contributed by atoms with Gasteiger partial charge in [-0.15, -0.1) is 0 Å². The van der Waals surface area contributed by atoms with Crippen LogP contribution in [0.5, 0.6) is 51.7 Å². The standard InChI is InChI=1S/C26H40O11.C25H30O12/c1-5-6-7-15-19(30)12(2)22(33)26(3,4)23(15)37-25-21(32)18(29)10-14(36-25)11-35-24(34)13-8-16(27)20(31)17(28)9-13;1-4-5-14(26)18-20(31)10(2)19(30)11(3)23(18)37-25-22(33)17(29)8-13(36-25)9-35-24(34)12-6-15(27)21(32)16(28)7-12/h8-9,12,14-15,18-19,21-23,25,27-33H,5-7,10-11H2,1-4H3;6-7,13,17,22,25,27-33H,4-5,8-9H2,1-3H3/t12?,14-,15?,18-,19?,21+,22?,23?,25-;13-,17-,22+,25-/m00/s1. The number of hydrogen-bond donors (Lipinski definition) is 14. The monoisotopic (exact) mass is 1050 g/mol. The van der Waals surface area contributed by atoms with E-state index >= 15 is 0 Å². The number of hydrogen-bond acceptors (Lipinski definition) is 23. The van der Waals surface area contributed by atoms with Crippen LogP contribution in [0, 0.1) is 31.1 Å². The minimum absolute atomic E-state index is 0.0595. The fraction of sp³-hybridized carbons (Fsp3) is 0.588. The van der Waals surface area contributed by atoms with Gasteiger partial charge < -0.3 is 99.9 Å². The fourth-order valence-corrected chi connectivity index (χ4v) is 9.40. The molecule has 1 saturated carbocycles. The van der Waals surface area contributed by atoms with E-state index in [1.165, 1.54) is 13.8 Å². The smallest absolute Gasteiger partial charge is 0.338 e. The summed E-state index contributed by atoms with van der Waals surface area (Å²) in [7, 11) is 0. The van der Waals surface area contributed by atoms with Crippen molar-refractivity contribution in [2.75, 3.05) is 13.2 Å². The van der Waals surface area contributed by atoms with Crippen LogP contribution in [0.25, 0.3) is 0 Å². The molecule has 13 atom stereocenters. The first-order valence-corrected chi connectivity index (χ1v) is 24.3. The topological polar surface area (TPSA) is 390 Å². The van der Waals surface area contributed by atoms with Crippen LogP contribution < -0.4 is 4.74 Å². The highest BCUT2D eigenvalue weighted by molar-refractivity contribution is 6.02. The first kappa shape index (κ1) is 59.0. The average molecular weight is 1050 g/mol. The molecule has 74 heavy (non-hydrogen) atoms. The summed E-state index contributed by atoms with van der Waals surface area (Å²) in [5.41, 5.74) is -1.28. The number of ketones is 1. The van der Waals surface area contributed by atoms with Crippen LogP contribution in [-0.2, 0) is 23.7 Å². The molecule has 2 saturated heterocycles. The molecule has 23 heteroatoms. The molecule has 0 bridgehead atoms. The van der Waals surface area contributed by atoms with Crippen molar-refractivity contribution in [3.8, 4) is 51.7 Å². The molecule has 0 radical (unpaired) electrons. The van der Waals surface area contributed by atoms with Crippen molar-refractivity contribution < 1.29 is 114 Å². The van der Waals surface area contributed by atoms with Gasteiger partial charge in [-0.25, -0.2) is 9.59 Å². The molecule has 3 aliphatic rings. The van der Waals surface area contributed by atoms with Crippen molar-refractivity contribution in [2.24, 2.45) is 17.3 Å². The molecule has 14 N–H and O–H groups in total. The highest BCUT2D eigenvalue weighted by Gasteiger charge is 2.55. The summed E-state index contributed by atoms with van der Waals surface area (Å²) in [5, 5.41) is 142. The highest BCUT2D eigenvalue weighted by Crippen LogP contribution is 2.48. The molecule has 0 spiro atoms. The molecule has 6 rings (SSSR count). The first-order valence-electron chi connectivity index (χ1n) is 24.3. The van der Waals surface area contributed by atoms with Crippen LogP contribution >= 0.6 is 0 Å². The number of aliphatic hydroxyl groups is 6. The maximum atomic E-state index is 12.8. The SMILES string of the molecule is CCCC(=O)c1c(O)c(C)c(O)c(C)c1O[C@@H]1O[C@H](COC(=O)c2cc(O)c(O)c(O)c2)C[C@H](O)[C@H]1O.CCCCC1C(O)C(C)C(O)C(C)(C)C1O[C@@H]1O[C@H](COC(=O)c2cc(O)c(O)c(O)c2)C[C@H](O)[C@H]1O. The molecular formula is C51H70O23. The largest absolute Gasteiger partial charge is 0.507 e. The second-order valence-corrected chi connectivity index (χ2v) is 19.7. The Hall–Kier alpha value is -5.89. The number of carbonyl (C=O) groups is 3. The Bertz CT molecular complexity index is 2410. The Morgan fingerprint density at radius 2 is 1.09 bits per heavy atom. The van der Waals surface area contributed by atoms with Crippen LogP contribution in [0.3, 0.4) is 0 Å². The number of esters is 2. The normalized spacial score (nSPS) is 28.6. The summed E-state index contributed by atoms with van der Waals surface area (Å²) < 4.78 is 33.8. The Kier molecular flexibility index (Phi) is 19.6. The number of phenols is 8. The lowest BCUT2D eigenvalue weighted by Gasteiger charge is -2.53. The summed E-state index contributed by atoms with van der Waals surface area (Å²) in [6.07, 6.45) is -10.1. The number of phenolic OH excluding ortho intramolecular Hbond substituents is 8. The third-order valence-electron chi connectivity index (χ3n) is 13.8. The van der Waals surface area contributed by atoms with Gasteiger partial charge in [-0.3, -0.25) is 4.79 Å². The number of benzene rings is 3. The zero-order valence-corrected chi connectivity index (χ0v) is 42.1. The van der Waals surface area contributed by atoms with E-state index in [-0.39, 0.29) is 77.0 Å². The van der Waals surface area contributed by atoms with E-state index in [1.54, 1.807) is 13.8 Å². The Morgan fingerprint density at radius 1 is 0.635 bits per heavy atom. The molecule has 5 unspecified atom stereocenters. The molecule has 3 aromatic carbocycles. The van der Waals surface area contributed by atoms with E-state index in [0.717, 1.165) is 37.1 Å². The van der Waals surface area contributed by atoms with Crippen molar-refractivity contribution in [2.45, 2.75) is 161 Å². The fourth-order valence-electron chi connectivity index (χ4n) is 9.40. The number of aliphatic hydroxyl groups excluding tert-OH is 6. The van der Waals surface area contributed by atoms with E-state index in [2.05, 4.69) is 0 Å². The van der Waals surface area contributed by atoms with Gasteiger partial charge in [0.2, 0.25) is 6.29 Å². The highest BCUT2D eigenvalue weighted by atomic mass is 16.7. The quantitative estimate of drug-likeness (QED) is 0.0556. The first-order chi connectivity index (χ1) is 34.7. The van der Waals surface area contributed by atoms with Crippen LogP contribution in [-0.4, -0.2) is 170 Å². The lowest BCUT2D eigenvalue weighted by molar-refractivity contribution is -0.319. The van der Waals surface area contributed by atoms with E-state index in [1.807, 2.05) is 20.8 Å². The average Bonchev–Trinajstić information content (AvgIpc) is 3.35. The van der Waals surface area contributed by atoms with Gasteiger partial charge in [0, 0.05) is 47.6 Å². The van der Waals surface area contributed by atoms with Gasteiger partial charge in [-0.2, -0.15) is 0 Å². The summed E-state index contributed by atoms with van der Waals surface area (Å²) >= 11 is 0. The van der Waals surface area contributed by atoms with Gasteiger partial charge >= 0.3 is 11.9 Å².